The molecule has 3 heterocycles. The first-order valence-electron chi connectivity index (χ1n) is 10.4. The number of rotatable bonds is 4. The van der Waals surface area contributed by atoms with Crippen LogP contribution in [0.4, 0.5) is 10.6 Å². The zero-order chi connectivity index (χ0) is 19.6. The maximum Gasteiger partial charge on any atom is 0.318 e. The number of benzene rings is 1. The van der Waals surface area contributed by atoms with E-state index in [1.165, 1.54) is 5.56 Å². The zero-order valence-electron chi connectivity index (χ0n) is 17.0. The van der Waals surface area contributed by atoms with Gasteiger partial charge in [-0.15, -0.1) is 0 Å². The third kappa shape index (κ3) is 3.86. The predicted octanol–water partition coefficient (Wildman–Crippen LogP) is 3.20. The van der Waals surface area contributed by atoms with Crippen LogP contribution in [0.25, 0.3) is 0 Å². The Bertz CT molecular complexity index is 804. The molecule has 0 radical (unpaired) electrons. The van der Waals surface area contributed by atoms with Crippen molar-refractivity contribution in [1.82, 2.24) is 20.0 Å². The van der Waals surface area contributed by atoms with Crippen molar-refractivity contribution in [3.63, 3.8) is 0 Å². The highest BCUT2D eigenvalue weighted by atomic mass is 16.2. The van der Waals surface area contributed by atoms with E-state index in [0.29, 0.717) is 0 Å². The molecule has 1 aromatic carbocycles. The molecule has 0 aliphatic carbocycles. The Labute approximate surface area is 167 Å². The van der Waals surface area contributed by atoms with E-state index in [4.69, 9.17) is 0 Å². The Morgan fingerprint density at radius 1 is 1.21 bits per heavy atom. The first-order chi connectivity index (χ1) is 13.5. The molecule has 2 aromatic rings. The normalized spacial score (nSPS) is 25.1. The molecule has 2 aliphatic rings. The van der Waals surface area contributed by atoms with E-state index in [2.05, 4.69) is 51.4 Å². The Morgan fingerprint density at radius 2 is 2.04 bits per heavy atom. The van der Waals surface area contributed by atoms with Crippen LogP contribution in [-0.2, 0) is 13.5 Å². The van der Waals surface area contributed by atoms with Gasteiger partial charge in [0.1, 0.15) is 5.82 Å². The van der Waals surface area contributed by atoms with Crippen molar-refractivity contribution in [1.29, 1.82) is 0 Å². The first kappa shape index (κ1) is 18.8. The lowest BCUT2D eigenvalue weighted by atomic mass is 9.90. The van der Waals surface area contributed by atoms with Crippen LogP contribution in [-0.4, -0.2) is 51.9 Å². The van der Waals surface area contributed by atoms with E-state index in [-0.39, 0.29) is 17.6 Å². The molecule has 6 nitrogen and oxygen atoms in total. The fourth-order valence-corrected chi connectivity index (χ4v) is 4.82. The molecule has 0 spiro atoms. The predicted molar refractivity (Wildman–Crippen MR) is 111 cm³/mol. The molecule has 2 saturated heterocycles. The molecule has 0 bridgehead atoms. The second kappa shape index (κ2) is 7.86. The van der Waals surface area contributed by atoms with Gasteiger partial charge in [-0.2, -0.15) is 5.10 Å². The molecule has 2 aliphatic heterocycles. The van der Waals surface area contributed by atoms with E-state index in [1.807, 2.05) is 30.1 Å². The van der Waals surface area contributed by atoms with E-state index >= 15 is 0 Å². The Hall–Kier alpha value is -2.50. The number of likely N-dealkylation sites (tertiary alicyclic amines) is 1. The van der Waals surface area contributed by atoms with Gasteiger partial charge in [-0.1, -0.05) is 30.3 Å². The summed E-state index contributed by atoms with van der Waals surface area (Å²) in [6.07, 6.45) is 6.98. The van der Waals surface area contributed by atoms with Gasteiger partial charge in [-0.05, 0) is 44.6 Å². The van der Waals surface area contributed by atoms with Crippen LogP contribution < -0.4 is 10.2 Å². The molecule has 0 saturated carbocycles. The number of nitrogens with zero attached hydrogens (tertiary/aromatic N) is 4. The lowest BCUT2D eigenvalue weighted by molar-refractivity contribution is 0.151. The van der Waals surface area contributed by atoms with Crippen molar-refractivity contribution in [3.05, 3.63) is 48.2 Å². The van der Waals surface area contributed by atoms with Crippen molar-refractivity contribution in [2.45, 2.75) is 50.6 Å². The number of carbonyl (C=O) groups excluding carboxylic acids is 1. The van der Waals surface area contributed by atoms with Gasteiger partial charge in [-0.25, -0.2) is 4.79 Å². The Kier molecular flexibility index (Phi) is 5.29. The monoisotopic (exact) mass is 381 g/mol. The third-order valence-electron chi connectivity index (χ3n) is 6.29. The van der Waals surface area contributed by atoms with Crippen LogP contribution in [0.15, 0.2) is 42.6 Å². The minimum Gasteiger partial charge on any atom is -0.355 e. The SMILES string of the molecule is Cn1nccc1N1CCCC(NC(=O)N2CCCC2(C)Cc2ccccc2)C1. The van der Waals surface area contributed by atoms with E-state index in [9.17, 15) is 4.79 Å². The van der Waals surface area contributed by atoms with Gasteiger partial charge in [-0.3, -0.25) is 4.68 Å². The number of amides is 2. The summed E-state index contributed by atoms with van der Waals surface area (Å²) in [6.45, 7) is 4.93. The van der Waals surface area contributed by atoms with E-state index in [0.717, 1.165) is 57.6 Å². The van der Waals surface area contributed by atoms with Gasteiger partial charge >= 0.3 is 6.03 Å². The van der Waals surface area contributed by atoms with Gasteiger partial charge in [0.15, 0.2) is 0 Å². The van der Waals surface area contributed by atoms with Crippen LogP contribution in [0.2, 0.25) is 0 Å². The van der Waals surface area contributed by atoms with Crippen LogP contribution in [0, 0.1) is 0 Å². The number of aromatic nitrogens is 2. The van der Waals surface area contributed by atoms with Crippen molar-refractivity contribution in [2.75, 3.05) is 24.5 Å². The summed E-state index contributed by atoms with van der Waals surface area (Å²) in [5.74, 6) is 1.12. The smallest absolute Gasteiger partial charge is 0.318 e. The van der Waals surface area contributed by atoms with Crippen LogP contribution >= 0.6 is 0 Å². The lowest BCUT2D eigenvalue weighted by Gasteiger charge is -2.39. The minimum atomic E-state index is -0.109. The molecule has 2 unspecified atom stereocenters. The second-order valence-corrected chi connectivity index (χ2v) is 8.46. The average Bonchev–Trinajstić information content (AvgIpc) is 3.28. The van der Waals surface area contributed by atoms with Gasteiger partial charge < -0.3 is 15.1 Å². The maximum atomic E-state index is 13.2. The summed E-state index contributed by atoms with van der Waals surface area (Å²) in [5.41, 5.74) is 1.19. The van der Waals surface area contributed by atoms with Gasteiger partial charge in [0, 0.05) is 44.3 Å². The quantitative estimate of drug-likeness (QED) is 0.885. The number of carbonyl (C=O) groups is 1. The third-order valence-corrected chi connectivity index (χ3v) is 6.29. The standard InChI is InChI=1S/C22H31N5O/c1-22(16-18-8-4-3-5-9-18)12-7-15-27(22)21(28)24-19-10-6-14-26(17-19)20-11-13-23-25(20)2/h3-5,8-9,11,13,19H,6-7,10,12,14-17H2,1-2H3,(H,24,28). The molecule has 2 fully saturated rings. The molecule has 1 aromatic heterocycles. The van der Waals surface area contributed by atoms with Crippen molar-refractivity contribution in [2.24, 2.45) is 7.05 Å². The summed E-state index contributed by atoms with van der Waals surface area (Å²) >= 11 is 0. The Morgan fingerprint density at radius 3 is 2.79 bits per heavy atom. The topological polar surface area (TPSA) is 53.4 Å². The molecule has 28 heavy (non-hydrogen) atoms. The molecule has 2 atom stereocenters. The summed E-state index contributed by atoms with van der Waals surface area (Å²) in [5, 5.41) is 7.61. The van der Waals surface area contributed by atoms with Gasteiger partial charge in [0.25, 0.3) is 0 Å². The molecular weight excluding hydrogens is 350 g/mol. The van der Waals surface area contributed by atoms with Crippen LogP contribution in [0.3, 0.4) is 0 Å². The fraction of sp³-hybridized carbons (Fsp3) is 0.545. The Balaban J connectivity index is 1.40. The maximum absolute atomic E-state index is 13.2. The number of piperidine rings is 1. The van der Waals surface area contributed by atoms with Gasteiger partial charge in [0.05, 0.1) is 6.20 Å². The van der Waals surface area contributed by atoms with Crippen molar-refractivity contribution >= 4 is 11.8 Å². The molecule has 2 amide bonds. The number of nitrogens with one attached hydrogen (secondary N) is 1. The average molecular weight is 382 g/mol. The molecular formula is C22H31N5O. The van der Waals surface area contributed by atoms with E-state index < -0.39 is 0 Å². The first-order valence-corrected chi connectivity index (χ1v) is 10.4. The number of anilines is 1. The minimum absolute atomic E-state index is 0.0905. The summed E-state index contributed by atoms with van der Waals surface area (Å²) in [4.78, 5) is 17.6. The van der Waals surface area contributed by atoms with Crippen molar-refractivity contribution < 1.29 is 4.79 Å². The highest BCUT2D eigenvalue weighted by molar-refractivity contribution is 5.76. The zero-order valence-corrected chi connectivity index (χ0v) is 17.0. The molecule has 4 rings (SSSR count). The lowest BCUT2D eigenvalue weighted by Crippen LogP contribution is -2.56. The molecule has 1 N–H and O–H groups in total. The van der Waals surface area contributed by atoms with Crippen molar-refractivity contribution in [3.8, 4) is 0 Å². The van der Waals surface area contributed by atoms with Crippen LogP contribution in [0.5, 0.6) is 0 Å². The largest absolute Gasteiger partial charge is 0.355 e. The number of hydrogen-bond acceptors (Lipinski definition) is 3. The summed E-state index contributed by atoms with van der Waals surface area (Å²) in [6, 6.07) is 12.8. The number of urea groups is 1. The number of aryl methyl sites for hydroxylation is 1. The molecule has 6 heteroatoms. The summed E-state index contributed by atoms with van der Waals surface area (Å²) in [7, 11) is 1.97. The highest BCUT2D eigenvalue weighted by Gasteiger charge is 2.40. The fourth-order valence-electron chi connectivity index (χ4n) is 4.82. The van der Waals surface area contributed by atoms with Crippen LogP contribution in [0.1, 0.15) is 38.2 Å². The number of hydrogen-bond donors (Lipinski definition) is 1. The highest BCUT2D eigenvalue weighted by Crippen LogP contribution is 2.32. The van der Waals surface area contributed by atoms with E-state index in [1.54, 1.807) is 0 Å². The second-order valence-electron chi connectivity index (χ2n) is 8.46. The summed E-state index contributed by atoms with van der Waals surface area (Å²) < 4.78 is 1.90. The molecule has 150 valence electrons. The van der Waals surface area contributed by atoms with Gasteiger partial charge in [0.2, 0.25) is 0 Å².